The first-order chi connectivity index (χ1) is 12.7. The first-order valence-corrected chi connectivity index (χ1v) is 8.00. The van der Waals surface area contributed by atoms with Crippen molar-refractivity contribution >= 4 is 11.6 Å². The Bertz CT molecular complexity index is 1060. The number of hydrogen-bond donors (Lipinski definition) is 1. The Balaban J connectivity index is 1.64. The van der Waals surface area contributed by atoms with Gasteiger partial charge in [0, 0.05) is 18.0 Å². The van der Waals surface area contributed by atoms with Crippen molar-refractivity contribution in [2.75, 3.05) is 0 Å². The van der Waals surface area contributed by atoms with E-state index in [1.54, 1.807) is 41.1 Å². The van der Waals surface area contributed by atoms with Crippen LogP contribution >= 0.6 is 0 Å². The van der Waals surface area contributed by atoms with E-state index in [1.807, 2.05) is 18.2 Å². The van der Waals surface area contributed by atoms with Crippen LogP contribution in [0.2, 0.25) is 0 Å². The second-order valence-corrected chi connectivity index (χ2v) is 5.65. The third-order valence-corrected chi connectivity index (χ3v) is 3.94. The third kappa shape index (κ3) is 3.02. The van der Waals surface area contributed by atoms with Crippen LogP contribution in [0, 0.1) is 5.82 Å². The molecule has 4 aromatic rings. The molecule has 0 unspecified atom stereocenters. The van der Waals surface area contributed by atoms with Crippen LogP contribution in [0.3, 0.4) is 0 Å². The van der Waals surface area contributed by atoms with Gasteiger partial charge in [-0.3, -0.25) is 14.2 Å². The molecule has 1 aromatic carbocycles. The van der Waals surface area contributed by atoms with Crippen LogP contribution in [0.1, 0.15) is 16.1 Å². The molecule has 26 heavy (non-hydrogen) atoms. The van der Waals surface area contributed by atoms with Crippen molar-refractivity contribution in [1.29, 1.82) is 0 Å². The minimum absolute atomic E-state index is 0.265. The molecular formula is C19H14FN5O. The highest BCUT2D eigenvalue weighted by atomic mass is 19.1. The van der Waals surface area contributed by atoms with E-state index < -0.39 is 0 Å². The number of nitrogens with zero attached hydrogens (tertiary/aromatic N) is 4. The van der Waals surface area contributed by atoms with Crippen molar-refractivity contribution < 1.29 is 9.18 Å². The molecule has 0 saturated carbocycles. The van der Waals surface area contributed by atoms with Gasteiger partial charge in [0.2, 0.25) is 0 Å². The summed E-state index contributed by atoms with van der Waals surface area (Å²) < 4.78 is 14.8. The minimum atomic E-state index is -0.322. The van der Waals surface area contributed by atoms with Crippen molar-refractivity contribution in [2.45, 2.75) is 6.54 Å². The number of amides is 1. The molecule has 0 aliphatic heterocycles. The summed E-state index contributed by atoms with van der Waals surface area (Å²) in [5, 5.41) is 11.1. The second-order valence-electron chi connectivity index (χ2n) is 5.65. The molecule has 0 spiro atoms. The lowest BCUT2D eigenvalue weighted by molar-refractivity contribution is 0.0951. The Morgan fingerprint density at radius 2 is 1.88 bits per heavy atom. The molecule has 3 aromatic heterocycles. The summed E-state index contributed by atoms with van der Waals surface area (Å²) in [5.74, 6) is -0.0455. The summed E-state index contributed by atoms with van der Waals surface area (Å²) in [6.45, 7) is 0.319. The minimum Gasteiger partial charge on any atom is -0.346 e. The molecule has 1 amide bonds. The van der Waals surface area contributed by atoms with Crippen molar-refractivity contribution in [3.63, 3.8) is 0 Å². The molecule has 0 fully saturated rings. The topological polar surface area (TPSA) is 72.2 Å². The lowest BCUT2D eigenvalue weighted by atomic mass is 10.2. The zero-order chi connectivity index (χ0) is 17.9. The van der Waals surface area contributed by atoms with Crippen LogP contribution in [0.5, 0.6) is 0 Å². The van der Waals surface area contributed by atoms with Gasteiger partial charge in [-0.1, -0.05) is 6.07 Å². The van der Waals surface area contributed by atoms with Crippen molar-refractivity contribution in [1.82, 2.24) is 24.9 Å². The maximum absolute atomic E-state index is 13.1. The maximum atomic E-state index is 13.1. The molecule has 0 radical (unpaired) electrons. The van der Waals surface area contributed by atoms with Gasteiger partial charge in [-0.05, 0) is 48.5 Å². The van der Waals surface area contributed by atoms with Gasteiger partial charge in [-0.25, -0.2) is 4.39 Å². The van der Waals surface area contributed by atoms with Crippen molar-refractivity contribution in [3.8, 4) is 11.4 Å². The van der Waals surface area contributed by atoms with E-state index in [-0.39, 0.29) is 11.7 Å². The van der Waals surface area contributed by atoms with Crippen molar-refractivity contribution in [3.05, 3.63) is 84.1 Å². The first-order valence-electron chi connectivity index (χ1n) is 8.00. The molecule has 0 saturated heterocycles. The zero-order valence-corrected chi connectivity index (χ0v) is 13.6. The van der Waals surface area contributed by atoms with Gasteiger partial charge >= 0.3 is 0 Å². The normalized spacial score (nSPS) is 10.8. The predicted octanol–water partition coefficient (Wildman–Crippen LogP) is 2.86. The molecular weight excluding hydrogens is 333 g/mol. The maximum Gasteiger partial charge on any atom is 0.255 e. The fourth-order valence-electron chi connectivity index (χ4n) is 2.66. The number of hydrogen-bond acceptors (Lipinski definition) is 4. The largest absolute Gasteiger partial charge is 0.346 e. The molecule has 1 N–H and O–H groups in total. The van der Waals surface area contributed by atoms with E-state index in [1.165, 1.54) is 12.1 Å². The highest BCUT2D eigenvalue weighted by Crippen LogP contribution is 2.20. The SMILES string of the molecule is O=C(NCc1ccccn1)c1cccn2c(-c3ccc(F)cc3)nnc12. The standard InChI is InChI=1S/C19H14FN5O/c20-14-8-6-13(7-9-14)17-23-24-18-16(5-3-11-25(17)18)19(26)22-12-15-4-1-2-10-21-15/h1-11H,12H2,(H,22,26). The quantitative estimate of drug-likeness (QED) is 0.616. The zero-order valence-electron chi connectivity index (χ0n) is 13.6. The van der Waals surface area contributed by atoms with E-state index in [0.717, 1.165) is 5.69 Å². The number of nitrogens with one attached hydrogen (secondary N) is 1. The molecule has 4 rings (SSSR count). The summed E-state index contributed by atoms with van der Waals surface area (Å²) in [6.07, 6.45) is 3.44. The number of halogens is 1. The number of benzene rings is 1. The van der Waals surface area contributed by atoms with Gasteiger partial charge in [0.15, 0.2) is 11.5 Å². The summed E-state index contributed by atoms with van der Waals surface area (Å²) in [5.41, 5.74) is 2.32. The van der Waals surface area contributed by atoms with Gasteiger partial charge < -0.3 is 5.32 Å². The molecule has 7 heteroatoms. The van der Waals surface area contributed by atoms with Gasteiger partial charge in [-0.2, -0.15) is 0 Å². The average Bonchev–Trinajstić information content (AvgIpc) is 3.12. The van der Waals surface area contributed by atoms with E-state index >= 15 is 0 Å². The van der Waals surface area contributed by atoms with Crippen LogP contribution in [0.15, 0.2) is 67.0 Å². The van der Waals surface area contributed by atoms with Gasteiger partial charge in [0.05, 0.1) is 17.8 Å². The Hall–Kier alpha value is -3.61. The monoisotopic (exact) mass is 347 g/mol. The number of pyridine rings is 2. The molecule has 0 atom stereocenters. The Labute approximate surface area is 148 Å². The summed E-state index contributed by atoms with van der Waals surface area (Å²) in [4.78, 5) is 16.7. The van der Waals surface area contributed by atoms with Gasteiger partial charge in [-0.15, -0.1) is 10.2 Å². The van der Waals surface area contributed by atoms with Crippen LogP contribution in [0.25, 0.3) is 17.0 Å². The van der Waals surface area contributed by atoms with Crippen molar-refractivity contribution in [2.24, 2.45) is 0 Å². The number of carbonyl (C=O) groups is 1. The van der Waals surface area contributed by atoms with E-state index in [0.29, 0.717) is 29.1 Å². The number of rotatable bonds is 4. The average molecular weight is 347 g/mol. The lowest BCUT2D eigenvalue weighted by Gasteiger charge is -2.06. The third-order valence-electron chi connectivity index (χ3n) is 3.94. The fourth-order valence-corrected chi connectivity index (χ4v) is 2.66. The number of aromatic nitrogens is 4. The predicted molar refractivity (Wildman–Crippen MR) is 93.8 cm³/mol. The first kappa shape index (κ1) is 15.9. The highest BCUT2D eigenvalue weighted by molar-refractivity contribution is 5.99. The number of fused-ring (bicyclic) bond motifs is 1. The van der Waals surface area contributed by atoms with Crippen LogP contribution < -0.4 is 5.32 Å². The molecule has 128 valence electrons. The lowest BCUT2D eigenvalue weighted by Crippen LogP contribution is -2.24. The van der Waals surface area contributed by atoms with Gasteiger partial charge in [0.1, 0.15) is 5.82 Å². The number of carbonyl (C=O) groups excluding carboxylic acids is 1. The highest BCUT2D eigenvalue weighted by Gasteiger charge is 2.15. The van der Waals surface area contributed by atoms with E-state index in [4.69, 9.17) is 0 Å². The second kappa shape index (κ2) is 6.72. The van der Waals surface area contributed by atoms with Crippen LogP contribution in [0.4, 0.5) is 4.39 Å². The molecule has 0 aliphatic rings. The van der Waals surface area contributed by atoms with E-state index in [2.05, 4.69) is 20.5 Å². The molecule has 3 heterocycles. The summed E-state index contributed by atoms with van der Waals surface area (Å²) in [7, 11) is 0. The molecule has 0 bridgehead atoms. The smallest absolute Gasteiger partial charge is 0.255 e. The Morgan fingerprint density at radius 3 is 2.65 bits per heavy atom. The van der Waals surface area contributed by atoms with Crippen LogP contribution in [-0.2, 0) is 6.54 Å². The Morgan fingerprint density at radius 1 is 1.04 bits per heavy atom. The molecule has 0 aliphatic carbocycles. The Kier molecular flexibility index (Phi) is 4.10. The summed E-state index contributed by atoms with van der Waals surface area (Å²) in [6, 6.07) is 14.9. The van der Waals surface area contributed by atoms with Gasteiger partial charge in [0.25, 0.3) is 5.91 Å². The molecule has 6 nitrogen and oxygen atoms in total. The van der Waals surface area contributed by atoms with E-state index in [9.17, 15) is 9.18 Å². The fraction of sp³-hybridized carbons (Fsp3) is 0.0526. The van der Waals surface area contributed by atoms with Crippen LogP contribution in [-0.4, -0.2) is 25.5 Å². The summed E-state index contributed by atoms with van der Waals surface area (Å²) >= 11 is 0.